The van der Waals surface area contributed by atoms with Gasteiger partial charge in [0.1, 0.15) is 16.9 Å². The third kappa shape index (κ3) is 1.36. The van der Waals surface area contributed by atoms with Crippen molar-refractivity contribution < 1.29 is 4.42 Å². The Kier molecular flexibility index (Phi) is 2.09. The first kappa shape index (κ1) is 11.0. The molecule has 4 nitrogen and oxygen atoms in total. The standard InChI is InChI=1S/C16H10N2O2/c17-13-15(19)10-6-2-1-5-9(10)14-16(13)20-12-8-4-3-7-11(12)18-14/h1-8H,17H2. The Hall–Kier alpha value is -2.88. The highest BCUT2D eigenvalue weighted by molar-refractivity contribution is 6.00. The van der Waals surface area contributed by atoms with Crippen LogP contribution in [-0.4, -0.2) is 4.98 Å². The molecule has 0 spiro atoms. The molecule has 96 valence electrons. The van der Waals surface area contributed by atoms with Gasteiger partial charge in [0.25, 0.3) is 0 Å². The Labute approximate surface area is 113 Å². The fourth-order valence-electron chi connectivity index (χ4n) is 2.47. The number of benzene rings is 3. The van der Waals surface area contributed by atoms with Crippen molar-refractivity contribution in [3.05, 3.63) is 58.8 Å². The smallest absolute Gasteiger partial charge is 0.213 e. The summed E-state index contributed by atoms with van der Waals surface area (Å²) in [5.41, 5.74) is 7.80. The van der Waals surface area contributed by atoms with E-state index in [1.807, 2.05) is 36.4 Å². The fourth-order valence-corrected chi connectivity index (χ4v) is 2.47. The second kappa shape index (κ2) is 3.81. The van der Waals surface area contributed by atoms with E-state index in [2.05, 4.69) is 4.98 Å². The zero-order chi connectivity index (χ0) is 13.7. The quantitative estimate of drug-likeness (QED) is 0.300. The minimum atomic E-state index is -0.214. The van der Waals surface area contributed by atoms with Crippen LogP contribution in [0.25, 0.3) is 33.3 Å². The Morgan fingerprint density at radius 2 is 1.65 bits per heavy atom. The maximum Gasteiger partial charge on any atom is 0.213 e. The Bertz CT molecular complexity index is 988. The number of anilines is 1. The van der Waals surface area contributed by atoms with Crippen molar-refractivity contribution in [2.45, 2.75) is 0 Å². The van der Waals surface area contributed by atoms with Gasteiger partial charge in [0, 0.05) is 10.8 Å². The first-order chi connectivity index (χ1) is 9.75. The van der Waals surface area contributed by atoms with Crippen LogP contribution in [0, 0.1) is 0 Å². The lowest BCUT2D eigenvalue weighted by Crippen LogP contribution is -2.12. The molecular weight excluding hydrogens is 252 g/mol. The predicted molar refractivity (Wildman–Crippen MR) is 78.8 cm³/mol. The van der Waals surface area contributed by atoms with Crippen LogP contribution in [0.4, 0.5) is 5.69 Å². The van der Waals surface area contributed by atoms with E-state index in [-0.39, 0.29) is 11.1 Å². The molecule has 1 aliphatic carbocycles. The number of nitrogen functional groups attached to an aromatic ring is 1. The highest BCUT2D eigenvalue weighted by Crippen LogP contribution is 2.33. The monoisotopic (exact) mass is 262 g/mol. The minimum Gasteiger partial charge on any atom is -0.450 e. The van der Waals surface area contributed by atoms with E-state index in [1.54, 1.807) is 12.1 Å². The number of rotatable bonds is 0. The van der Waals surface area contributed by atoms with Crippen LogP contribution in [0.1, 0.15) is 0 Å². The number of fused-ring (bicyclic) bond motifs is 4. The molecule has 0 aromatic heterocycles. The molecule has 0 atom stereocenters. The lowest BCUT2D eigenvalue weighted by Gasteiger charge is -2.11. The van der Waals surface area contributed by atoms with Gasteiger partial charge in [0.05, 0.1) is 0 Å². The average molecular weight is 262 g/mol. The summed E-state index contributed by atoms with van der Waals surface area (Å²) in [5.74, 6) is 0.354. The lowest BCUT2D eigenvalue weighted by atomic mass is 10.0. The molecule has 0 radical (unpaired) electrons. The van der Waals surface area contributed by atoms with Gasteiger partial charge < -0.3 is 10.2 Å². The Balaban J connectivity index is 2.34. The Morgan fingerprint density at radius 3 is 2.50 bits per heavy atom. The molecule has 1 aliphatic heterocycles. The molecule has 2 aromatic carbocycles. The summed E-state index contributed by atoms with van der Waals surface area (Å²) in [4.78, 5) is 16.9. The molecule has 1 heterocycles. The molecule has 20 heavy (non-hydrogen) atoms. The molecule has 0 saturated heterocycles. The second-order valence-electron chi connectivity index (χ2n) is 4.65. The molecular formula is C16H10N2O2. The SMILES string of the molecule is Nc1c2oc3ccccc3nc-2c2ccccc2c1=O. The van der Waals surface area contributed by atoms with Crippen LogP contribution in [0.5, 0.6) is 0 Å². The van der Waals surface area contributed by atoms with Crippen molar-refractivity contribution >= 4 is 27.6 Å². The third-order valence-corrected chi connectivity index (χ3v) is 3.44. The third-order valence-electron chi connectivity index (χ3n) is 3.44. The average Bonchev–Trinajstić information content (AvgIpc) is 2.51. The number of para-hydroxylation sites is 2. The van der Waals surface area contributed by atoms with E-state index >= 15 is 0 Å². The van der Waals surface area contributed by atoms with Crippen molar-refractivity contribution in [3.8, 4) is 11.5 Å². The van der Waals surface area contributed by atoms with Crippen molar-refractivity contribution in [1.29, 1.82) is 0 Å². The van der Waals surface area contributed by atoms with Crippen molar-refractivity contribution in [1.82, 2.24) is 4.98 Å². The molecule has 4 rings (SSSR count). The van der Waals surface area contributed by atoms with Crippen molar-refractivity contribution in [2.75, 3.05) is 5.73 Å². The highest BCUT2D eigenvalue weighted by Gasteiger charge is 2.19. The molecule has 2 aromatic rings. The van der Waals surface area contributed by atoms with Crippen molar-refractivity contribution in [3.63, 3.8) is 0 Å². The molecule has 4 heteroatoms. The van der Waals surface area contributed by atoms with Gasteiger partial charge in [-0.2, -0.15) is 0 Å². The van der Waals surface area contributed by atoms with E-state index in [1.165, 1.54) is 0 Å². The normalized spacial score (nSPS) is 11.4. The number of aromatic nitrogens is 1. The van der Waals surface area contributed by atoms with E-state index in [9.17, 15) is 4.79 Å². The van der Waals surface area contributed by atoms with Gasteiger partial charge in [-0.25, -0.2) is 4.98 Å². The van der Waals surface area contributed by atoms with Crippen LogP contribution in [0.2, 0.25) is 0 Å². The Morgan fingerprint density at radius 1 is 0.950 bits per heavy atom. The lowest BCUT2D eigenvalue weighted by molar-refractivity contribution is 0.616. The summed E-state index contributed by atoms with van der Waals surface area (Å²) in [5, 5.41) is 1.33. The van der Waals surface area contributed by atoms with Gasteiger partial charge in [0.2, 0.25) is 5.43 Å². The molecule has 0 fully saturated rings. The summed E-state index contributed by atoms with van der Waals surface area (Å²) in [6.45, 7) is 0. The zero-order valence-corrected chi connectivity index (χ0v) is 10.5. The van der Waals surface area contributed by atoms with E-state index in [0.29, 0.717) is 22.4 Å². The summed E-state index contributed by atoms with van der Waals surface area (Å²) >= 11 is 0. The molecule has 2 N–H and O–H groups in total. The van der Waals surface area contributed by atoms with Crippen LogP contribution >= 0.6 is 0 Å². The topological polar surface area (TPSA) is 69.1 Å². The highest BCUT2D eigenvalue weighted by atomic mass is 16.3. The van der Waals surface area contributed by atoms with E-state index in [0.717, 1.165) is 10.9 Å². The first-order valence-electron chi connectivity index (χ1n) is 6.25. The molecule has 0 unspecified atom stereocenters. The number of hydrogen-bond acceptors (Lipinski definition) is 4. The molecule has 0 bridgehead atoms. The second-order valence-corrected chi connectivity index (χ2v) is 4.65. The fraction of sp³-hybridized carbons (Fsp3) is 0. The number of hydrogen-bond donors (Lipinski definition) is 1. The maximum absolute atomic E-state index is 12.3. The predicted octanol–water partition coefficient (Wildman–Crippen LogP) is 3.03. The minimum absolute atomic E-state index is 0.108. The molecule has 2 aliphatic rings. The summed E-state index contributed by atoms with van der Waals surface area (Å²) in [7, 11) is 0. The van der Waals surface area contributed by atoms with Crippen LogP contribution < -0.4 is 11.2 Å². The van der Waals surface area contributed by atoms with Gasteiger partial charge in [-0.15, -0.1) is 0 Å². The summed E-state index contributed by atoms with van der Waals surface area (Å²) < 4.78 is 5.78. The van der Waals surface area contributed by atoms with Gasteiger partial charge in [-0.05, 0) is 12.1 Å². The van der Waals surface area contributed by atoms with Gasteiger partial charge in [0.15, 0.2) is 11.3 Å². The van der Waals surface area contributed by atoms with Gasteiger partial charge in [-0.3, -0.25) is 4.79 Å². The van der Waals surface area contributed by atoms with E-state index in [4.69, 9.17) is 10.2 Å². The molecule has 0 saturated carbocycles. The largest absolute Gasteiger partial charge is 0.450 e. The van der Waals surface area contributed by atoms with E-state index < -0.39 is 0 Å². The number of nitrogens with zero attached hydrogens (tertiary/aromatic N) is 1. The molecule has 0 amide bonds. The first-order valence-corrected chi connectivity index (χ1v) is 6.25. The van der Waals surface area contributed by atoms with Gasteiger partial charge in [-0.1, -0.05) is 36.4 Å². The zero-order valence-electron chi connectivity index (χ0n) is 10.5. The van der Waals surface area contributed by atoms with Crippen LogP contribution in [0.3, 0.4) is 0 Å². The van der Waals surface area contributed by atoms with Gasteiger partial charge >= 0.3 is 0 Å². The van der Waals surface area contributed by atoms with Crippen LogP contribution in [0.15, 0.2) is 57.7 Å². The summed E-state index contributed by atoms with van der Waals surface area (Å²) in [6, 6.07) is 14.7. The maximum atomic E-state index is 12.3. The number of nitrogens with two attached hydrogens (primary N) is 1. The summed E-state index contributed by atoms with van der Waals surface area (Å²) in [6.07, 6.45) is 0. The van der Waals surface area contributed by atoms with Crippen molar-refractivity contribution in [2.24, 2.45) is 0 Å². The van der Waals surface area contributed by atoms with Crippen LogP contribution in [-0.2, 0) is 0 Å².